The van der Waals surface area contributed by atoms with Gasteiger partial charge in [-0.3, -0.25) is 0 Å². The summed E-state index contributed by atoms with van der Waals surface area (Å²) < 4.78 is 46.6. The number of ether oxygens (including phenoxy) is 1. The van der Waals surface area contributed by atoms with Crippen molar-refractivity contribution in [2.75, 3.05) is 6.61 Å². The summed E-state index contributed by atoms with van der Waals surface area (Å²) in [6.45, 7) is 0.616. The van der Waals surface area contributed by atoms with E-state index in [0.29, 0.717) is 6.61 Å². The number of hydrogen-bond acceptors (Lipinski definition) is 1. The quantitative estimate of drug-likeness (QED) is 0.665. The fourth-order valence-corrected chi connectivity index (χ4v) is 4.57. The zero-order valence-electron chi connectivity index (χ0n) is 12.2. The Kier molecular flexibility index (Phi) is 5.11. The summed E-state index contributed by atoms with van der Waals surface area (Å²) in [5.41, 5.74) is 1.84. The van der Waals surface area contributed by atoms with Crippen molar-refractivity contribution < 1.29 is 17.9 Å². The molecule has 23 heavy (non-hydrogen) atoms. The Morgan fingerprint density at radius 2 is 1.70 bits per heavy atom. The van der Waals surface area contributed by atoms with E-state index in [9.17, 15) is 13.2 Å². The van der Waals surface area contributed by atoms with Crippen molar-refractivity contribution in [1.29, 1.82) is 0 Å². The average Bonchev–Trinajstić information content (AvgIpc) is 3.02. The SMILES string of the molecule is FC(F)(F)c1ccc([Te]/C=C2\COC(c3ccccc3)C2)cc1. The molecule has 5 heteroatoms. The van der Waals surface area contributed by atoms with E-state index < -0.39 is 32.7 Å². The number of benzene rings is 2. The molecule has 2 aromatic rings. The van der Waals surface area contributed by atoms with E-state index in [1.165, 1.54) is 11.1 Å². The summed E-state index contributed by atoms with van der Waals surface area (Å²) in [7, 11) is 0. The van der Waals surface area contributed by atoms with Crippen LogP contribution in [0.4, 0.5) is 13.2 Å². The van der Waals surface area contributed by atoms with E-state index >= 15 is 0 Å². The number of rotatable bonds is 3. The Morgan fingerprint density at radius 1 is 1.00 bits per heavy atom. The normalized spacial score (nSPS) is 20.1. The topological polar surface area (TPSA) is 9.23 Å². The van der Waals surface area contributed by atoms with Crippen LogP contribution in [0.25, 0.3) is 0 Å². The molecule has 0 N–H and O–H groups in total. The molecule has 0 radical (unpaired) electrons. The van der Waals surface area contributed by atoms with Crippen LogP contribution < -0.4 is 3.61 Å². The Morgan fingerprint density at radius 3 is 2.35 bits per heavy atom. The molecule has 1 fully saturated rings. The van der Waals surface area contributed by atoms with Crippen LogP contribution >= 0.6 is 0 Å². The predicted molar refractivity (Wildman–Crippen MR) is 84.7 cm³/mol. The molecule has 0 bridgehead atoms. The molecule has 1 aliphatic rings. The van der Waals surface area contributed by atoms with Crippen molar-refractivity contribution in [1.82, 2.24) is 0 Å². The molecule has 2 aromatic carbocycles. The molecule has 0 amide bonds. The fourth-order valence-electron chi connectivity index (χ4n) is 2.40. The van der Waals surface area contributed by atoms with Gasteiger partial charge in [0.25, 0.3) is 0 Å². The third kappa shape index (κ3) is 4.38. The minimum absolute atomic E-state index is 0.0996. The van der Waals surface area contributed by atoms with E-state index in [-0.39, 0.29) is 6.10 Å². The Balaban J connectivity index is 1.61. The molecule has 0 spiro atoms. The van der Waals surface area contributed by atoms with Gasteiger partial charge in [-0.15, -0.1) is 0 Å². The van der Waals surface area contributed by atoms with Gasteiger partial charge in [0.2, 0.25) is 0 Å². The van der Waals surface area contributed by atoms with Crippen LogP contribution in [0.1, 0.15) is 23.7 Å². The zero-order chi connectivity index (χ0) is 16.3. The molecular weight excluding hydrogens is 417 g/mol. The van der Waals surface area contributed by atoms with Gasteiger partial charge in [-0.25, -0.2) is 0 Å². The Labute approximate surface area is 143 Å². The summed E-state index contributed by atoms with van der Waals surface area (Å²) >= 11 is -0.627. The van der Waals surface area contributed by atoms with Crippen molar-refractivity contribution in [3.05, 3.63) is 75.4 Å². The molecule has 3 rings (SSSR count). The van der Waals surface area contributed by atoms with E-state index in [2.05, 4.69) is 16.3 Å². The molecule has 0 saturated carbocycles. The number of hydrogen-bond donors (Lipinski definition) is 0. The first kappa shape index (κ1) is 16.6. The van der Waals surface area contributed by atoms with Crippen LogP contribution in [0.3, 0.4) is 0 Å². The van der Waals surface area contributed by atoms with E-state index in [0.717, 1.165) is 22.2 Å². The van der Waals surface area contributed by atoms with Crippen molar-refractivity contribution in [2.24, 2.45) is 0 Å². The van der Waals surface area contributed by atoms with E-state index in [1.54, 1.807) is 12.1 Å². The maximum absolute atomic E-state index is 12.5. The molecule has 1 saturated heterocycles. The van der Waals surface area contributed by atoms with Crippen LogP contribution in [0.5, 0.6) is 0 Å². The van der Waals surface area contributed by atoms with Gasteiger partial charge in [0.05, 0.1) is 0 Å². The Hall–Kier alpha value is -1.28. The first-order valence-electron chi connectivity index (χ1n) is 7.21. The summed E-state index contributed by atoms with van der Waals surface area (Å²) in [6, 6.07) is 15.6. The van der Waals surface area contributed by atoms with Gasteiger partial charge < -0.3 is 0 Å². The fraction of sp³-hybridized carbons (Fsp3) is 0.222. The van der Waals surface area contributed by atoms with Gasteiger partial charge in [0, 0.05) is 0 Å². The van der Waals surface area contributed by atoms with Gasteiger partial charge in [-0.2, -0.15) is 0 Å². The van der Waals surface area contributed by atoms with Crippen LogP contribution in [-0.4, -0.2) is 27.5 Å². The third-order valence-electron chi connectivity index (χ3n) is 3.63. The molecule has 1 nitrogen and oxygen atoms in total. The zero-order valence-corrected chi connectivity index (χ0v) is 14.5. The first-order chi connectivity index (χ1) is 11.0. The maximum atomic E-state index is 12.5. The van der Waals surface area contributed by atoms with Gasteiger partial charge in [-0.1, -0.05) is 0 Å². The molecular formula is C18H15F3OTe. The molecule has 0 aliphatic carbocycles. The summed E-state index contributed by atoms with van der Waals surface area (Å²) in [6.07, 6.45) is -3.29. The van der Waals surface area contributed by atoms with Crippen LogP contribution in [-0.2, 0) is 10.9 Å². The van der Waals surface area contributed by atoms with Gasteiger partial charge in [-0.05, 0) is 0 Å². The van der Waals surface area contributed by atoms with E-state index in [1.807, 2.05) is 18.2 Å². The monoisotopic (exact) mass is 434 g/mol. The van der Waals surface area contributed by atoms with Crippen molar-refractivity contribution in [3.63, 3.8) is 0 Å². The second kappa shape index (κ2) is 7.09. The van der Waals surface area contributed by atoms with Gasteiger partial charge in [0.15, 0.2) is 0 Å². The molecule has 1 atom stereocenters. The molecule has 1 heterocycles. The molecule has 1 unspecified atom stereocenters. The first-order valence-corrected chi connectivity index (χ1v) is 9.72. The standard InChI is InChI=1S/C18H15F3OTe/c19-18(20,21)15-6-8-16(9-7-15)23-12-13-10-17(22-11-13)14-4-2-1-3-5-14/h1-9,12,17H,10-11H2/b13-12-. The van der Waals surface area contributed by atoms with Crippen LogP contribution in [0, 0.1) is 0 Å². The van der Waals surface area contributed by atoms with Gasteiger partial charge >= 0.3 is 143 Å². The number of halogens is 3. The Bertz CT molecular complexity index is 678. The second-order valence-corrected chi connectivity index (χ2v) is 8.02. The minimum atomic E-state index is -4.26. The van der Waals surface area contributed by atoms with Crippen molar-refractivity contribution in [3.8, 4) is 0 Å². The van der Waals surface area contributed by atoms with Gasteiger partial charge in [0.1, 0.15) is 0 Å². The second-order valence-electron chi connectivity index (χ2n) is 5.33. The van der Waals surface area contributed by atoms with Crippen molar-refractivity contribution in [2.45, 2.75) is 18.7 Å². The summed E-state index contributed by atoms with van der Waals surface area (Å²) in [4.78, 5) is 0. The van der Waals surface area contributed by atoms with E-state index in [4.69, 9.17) is 4.74 Å². The number of alkyl halides is 3. The molecule has 120 valence electrons. The van der Waals surface area contributed by atoms with Crippen LogP contribution in [0.2, 0.25) is 0 Å². The summed E-state index contributed by atoms with van der Waals surface area (Å²) in [5, 5.41) is 0. The average molecular weight is 432 g/mol. The predicted octanol–water partition coefficient (Wildman–Crippen LogP) is 4.08. The third-order valence-corrected chi connectivity index (χ3v) is 6.47. The van der Waals surface area contributed by atoms with Crippen molar-refractivity contribution >= 4 is 24.5 Å². The van der Waals surface area contributed by atoms with Crippen LogP contribution in [0.15, 0.2) is 64.3 Å². The molecule has 0 aromatic heterocycles. The summed E-state index contributed by atoms with van der Waals surface area (Å²) in [5.74, 6) is 0. The molecule has 1 aliphatic heterocycles.